The molecule has 2 fully saturated rings. The first-order chi connectivity index (χ1) is 10.6. The highest BCUT2D eigenvalue weighted by Gasteiger charge is 2.28. The van der Waals surface area contributed by atoms with Gasteiger partial charge >= 0.3 is 0 Å². The summed E-state index contributed by atoms with van der Waals surface area (Å²) in [5, 5.41) is 8.93. The Hall–Kier alpha value is -0.940. The standard InChI is InChI=1S/C17H31N5/c1-20(2)13-16-18-19-17(21(16)3)15-9-6-10-22(12-15)11-14-7-4-5-8-14/h14-15H,4-13H2,1-3H3/t15-/m0/s1. The van der Waals surface area contributed by atoms with Crippen LogP contribution in [-0.2, 0) is 13.6 Å². The van der Waals surface area contributed by atoms with Crippen LogP contribution in [0.5, 0.6) is 0 Å². The fourth-order valence-electron chi connectivity index (χ4n) is 4.14. The summed E-state index contributed by atoms with van der Waals surface area (Å²) in [6.45, 7) is 4.61. The van der Waals surface area contributed by atoms with Crippen LogP contribution >= 0.6 is 0 Å². The van der Waals surface area contributed by atoms with Crippen LogP contribution < -0.4 is 0 Å². The number of rotatable bonds is 5. The fourth-order valence-corrected chi connectivity index (χ4v) is 4.14. The van der Waals surface area contributed by atoms with Crippen LogP contribution in [0.1, 0.15) is 56.1 Å². The molecular formula is C17H31N5. The maximum Gasteiger partial charge on any atom is 0.146 e. The summed E-state index contributed by atoms with van der Waals surface area (Å²) in [4.78, 5) is 4.84. The fraction of sp³-hybridized carbons (Fsp3) is 0.882. The van der Waals surface area contributed by atoms with Crippen LogP contribution in [0, 0.1) is 5.92 Å². The zero-order valence-electron chi connectivity index (χ0n) is 14.5. The second-order valence-electron chi connectivity index (χ2n) is 7.52. The van der Waals surface area contributed by atoms with Crippen molar-refractivity contribution in [3.63, 3.8) is 0 Å². The van der Waals surface area contributed by atoms with E-state index >= 15 is 0 Å². The Morgan fingerprint density at radius 2 is 1.86 bits per heavy atom. The second kappa shape index (κ2) is 7.09. The van der Waals surface area contributed by atoms with Crippen LogP contribution in [0.25, 0.3) is 0 Å². The van der Waals surface area contributed by atoms with Gasteiger partial charge in [0.2, 0.25) is 0 Å². The van der Waals surface area contributed by atoms with Gasteiger partial charge in [-0.2, -0.15) is 0 Å². The Labute approximate surface area is 134 Å². The zero-order chi connectivity index (χ0) is 15.5. The van der Waals surface area contributed by atoms with E-state index in [1.54, 1.807) is 0 Å². The molecule has 0 radical (unpaired) electrons. The third kappa shape index (κ3) is 3.69. The summed E-state index contributed by atoms with van der Waals surface area (Å²) in [5.74, 6) is 3.77. The van der Waals surface area contributed by atoms with E-state index < -0.39 is 0 Å². The maximum absolute atomic E-state index is 4.52. The number of hydrogen-bond acceptors (Lipinski definition) is 4. The minimum atomic E-state index is 0.559. The van der Waals surface area contributed by atoms with Crippen molar-refractivity contribution in [1.29, 1.82) is 0 Å². The SMILES string of the molecule is CN(C)Cc1nnc([C@H]2CCCN(CC3CCCC3)C2)n1C. The van der Waals surface area contributed by atoms with Crippen LogP contribution in [0.3, 0.4) is 0 Å². The molecule has 5 nitrogen and oxygen atoms in total. The molecule has 1 aromatic rings. The Bertz CT molecular complexity index is 475. The van der Waals surface area contributed by atoms with Gasteiger partial charge in [-0.15, -0.1) is 10.2 Å². The molecule has 0 bridgehead atoms. The highest BCUT2D eigenvalue weighted by atomic mass is 15.3. The van der Waals surface area contributed by atoms with Crippen LogP contribution in [0.4, 0.5) is 0 Å². The van der Waals surface area contributed by atoms with Gasteiger partial charge in [0.25, 0.3) is 0 Å². The topological polar surface area (TPSA) is 37.2 Å². The Morgan fingerprint density at radius 3 is 2.59 bits per heavy atom. The molecular weight excluding hydrogens is 274 g/mol. The average Bonchev–Trinajstić information content (AvgIpc) is 3.10. The van der Waals surface area contributed by atoms with Crippen molar-refractivity contribution in [3.8, 4) is 0 Å². The summed E-state index contributed by atoms with van der Waals surface area (Å²) in [6.07, 6.45) is 8.33. The summed E-state index contributed by atoms with van der Waals surface area (Å²) in [6, 6.07) is 0. The number of nitrogens with zero attached hydrogens (tertiary/aromatic N) is 5. The molecule has 124 valence electrons. The third-order valence-electron chi connectivity index (χ3n) is 5.32. The predicted molar refractivity (Wildman–Crippen MR) is 88.8 cm³/mol. The van der Waals surface area contributed by atoms with Gasteiger partial charge in [-0.05, 0) is 52.2 Å². The molecule has 3 rings (SSSR count). The lowest BCUT2D eigenvalue weighted by Gasteiger charge is -2.33. The molecule has 1 atom stereocenters. The van der Waals surface area contributed by atoms with Gasteiger partial charge in [0.1, 0.15) is 11.6 Å². The smallest absolute Gasteiger partial charge is 0.146 e. The minimum Gasteiger partial charge on any atom is -0.317 e. The average molecular weight is 305 g/mol. The van der Waals surface area contributed by atoms with E-state index in [-0.39, 0.29) is 0 Å². The summed E-state index contributed by atoms with van der Waals surface area (Å²) in [7, 11) is 6.29. The van der Waals surface area contributed by atoms with Crippen molar-refractivity contribution >= 4 is 0 Å². The number of piperidine rings is 1. The van der Waals surface area contributed by atoms with Crippen molar-refractivity contribution < 1.29 is 0 Å². The summed E-state index contributed by atoms with van der Waals surface area (Å²) >= 11 is 0. The number of aromatic nitrogens is 3. The Balaban J connectivity index is 1.62. The van der Waals surface area contributed by atoms with Gasteiger partial charge in [-0.3, -0.25) is 0 Å². The second-order valence-corrected chi connectivity index (χ2v) is 7.52. The molecule has 22 heavy (non-hydrogen) atoms. The van der Waals surface area contributed by atoms with Crippen molar-refractivity contribution in [1.82, 2.24) is 24.6 Å². The van der Waals surface area contributed by atoms with E-state index in [4.69, 9.17) is 0 Å². The Morgan fingerprint density at radius 1 is 1.09 bits per heavy atom. The van der Waals surface area contributed by atoms with Gasteiger partial charge in [0.05, 0.1) is 6.54 Å². The summed E-state index contributed by atoms with van der Waals surface area (Å²) in [5.41, 5.74) is 0. The molecule has 5 heteroatoms. The molecule has 0 amide bonds. The molecule has 0 unspecified atom stereocenters. The minimum absolute atomic E-state index is 0.559. The highest BCUT2D eigenvalue weighted by Crippen LogP contribution is 2.30. The molecule has 0 N–H and O–H groups in total. The first kappa shape index (κ1) is 15.9. The largest absolute Gasteiger partial charge is 0.317 e. The van der Waals surface area contributed by atoms with Gasteiger partial charge in [-0.25, -0.2) is 0 Å². The molecule has 1 saturated heterocycles. The van der Waals surface area contributed by atoms with Crippen LogP contribution in [0.2, 0.25) is 0 Å². The van der Waals surface area contributed by atoms with Gasteiger partial charge in [0, 0.05) is 26.1 Å². The van der Waals surface area contributed by atoms with Crippen LogP contribution in [-0.4, -0.2) is 58.3 Å². The van der Waals surface area contributed by atoms with E-state index in [2.05, 4.69) is 45.7 Å². The van der Waals surface area contributed by atoms with E-state index in [0.29, 0.717) is 5.92 Å². The van der Waals surface area contributed by atoms with E-state index in [1.807, 2.05) is 0 Å². The quantitative estimate of drug-likeness (QED) is 0.836. The molecule has 2 aliphatic rings. The lowest BCUT2D eigenvalue weighted by Crippen LogP contribution is -2.38. The molecule has 1 aliphatic carbocycles. The first-order valence-corrected chi connectivity index (χ1v) is 8.88. The number of hydrogen-bond donors (Lipinski definition) is 0. The third-order valence-corrected chi connectivity index (χ3v) is 5.32. The molecule has 1 aromatic heterocycles. The van der Waals surface area contributed by atoms with Gasteiger partial charge in [-0.1, -0.05) is 12.8 Å². The lowest BCUT2D eigenvalue weighted by molar-refractivity contribution is 0.175. The van der Waals surface area contributed by atoms with E-state index in [1.165, 1.54) is 64.0 Å². The van der Waals surface area contributed by atoms with Crippen molar-refractivity contribution in [2.75, 3.05) is 33.7 Å². The van der Waals surface area contributed by atoms with Crippen molar-refractivity contribution in [2.45, 2.75) is 51.0 Å². The van der Waals surface area contributed by atoms with Crippen molar-refractivity contribution in [2.24, 2.45) is 13.0 Å². The first-order valence-electron chi connectivity index (χ1n) is 8.88. The van der Waals surface area contributed by atoms with Gasteiger partial charge < -0.3 is 14.4 Å². The van der Waals surface area contributed by atoms with Crippen LogP contribution in [0.15, 0.2) is 0 Å². The molecule has 2 heterocycles. The molecule has 0 spiro atoms. The normalized spacial score (nSPS) is 24.5. The number of likely N-dealkylation sites (tertiary alicyclic amines) is 1. The monoisotopic (exact) mass is 305 g/mol. The summed E-state index contributed by atoms with van der Waals surface area (Å²) < 4.78 is 2.23. The van der Waals surface area contributed by atoms with E-state index in [9.17, 15) is 0 Å². The molecule has 1 aliphatic heterocycles. The van der Waals surface area contributed by atoms with E-state index in [0.717, 1.165) is 18.3 Å². The van der Waals surface area contributed by atoms with Crippen molar-refractivity contribution in [3.05, 3.63) is 11.6 Å². The Kier molecular flexibility index (Phi) is 5.14. The zero-order valence-corrected chi connectivity index (χ0v) is 14.5. The highest BCUT2D eigenvalue weighted by molar-refractivity contribution is 5.04. The molecule has 1 saturated carbocycles. The van der Waals surface area contributed by atoms with Gasteiger partial charge in [0.15, 0.2) is 0 Å². The predicted octanol–water partition coefficient (Wildman–Crippen LogP) is 2.25. The maximum atomic E-state index is 4.52. The lowest BCUT2D eigenvalue weighted by atomic mass is 9.95. The molecule has 0 aromatic carbocycles.